The molecule has 1 fully saturated rings. The van der Waals surface area contributed by atoms with Crippen molar-refractivity contribution in [1.29, 1.82) is 0 Å². The Kier molecular flexibility index (Phi) is 10.6. The summed E-state index contributed by atoms with van der Waals surface area (Å²) in [6.45, 7) is 7.80. The van der Waals surface area contributed by atoms with Gasteiger partial charge in [-0.15, -0.1) is 0 Å². The summed E-state index contributed by atoms with van der Waals surface area (Å²) in [6, 6.07) is 7.42. The molecule has 0 unspecified atom stereocenters. The van der Waals surface area contributed by atoms with Gasteiger partial charge in [-0.3, -0.25) is 9.69 Å². The van der Waals surface area contributed by atoms with Gasteiger partial charge in [0.2, 0.25) is 5.91 Å². The summed E-state index contributed by atoms with van der Waals surface area (Å²) in [7, 11) is 0. The van der Waals surface area contributed by atoms with E-state index in [9.17, 15) is 9.59 Å². The van der Waals surface area contributed by atoms with Crippen LogP contribution in [-0.4, -0.2) is 67.7 Å². The number of carbonyl (C=O) groups is 2. The number of anilines is 1. The van der Waals surface area contributed by atoms with Crippen molar-refractivity contribution in [3.05, 3.63) is 24.3 Å². The molecule has 1 aromatic rings. The van der Waals surface area contributed by atoms with E-state index in [2.05, 4.69) is 12.2 Å². The van der Waals surface area contributed by atoms with Crippen LogP contribution in [0.25, 0.3) is 0 Å². The van der Waals surface area contributed by atoms with Crippen molar-refractivity contribution in [3.63, 3.8) is 0 Å². The molecule has 7 nitrogen and oxygen atoms in total. The highest BCUT2D eigenvalue weighted by molar-refractivity contribution is 5.92. The first-order valence-corrected chi connectivity index (χ1v) is 9.29. The van der Waals surface area contributed by atoms with Crippen LogP contribution in [0.1, 0.15) is 26.7 Å². The van der Waals surface area contributed by atoms with Gasteiger partial charge in [0, 0.05) is 31.9 Å². The van der Waals surface area contributed by atoms with Crippen molar-refractivity contribution >= 4 is 17.7 Å². The first-order valence-electron chi connectivity index (χ1n) is 9.29. The lowest BCUT2D eigenvalue weighted by Gasteiger charge is -2.33. The minimum Gasteiger partial charge on any atom is -1.00 e. The number of amides is 2. The highest BCUT2D eigenvalue weighted by Gasteiger charge is 2.23. The molecule has 2 rings (SSSR count). The van der Waals surface area contributed by atoms with Gasteiger partial charge in [0.15, 0.2) is 0 Å². The van der Waals surface area contributed by atoms with E-state index in [0.29, 0.717) is 45.9 Å². The van der Waals surface area contributed by atoms with E-state index in [1.165, 1.54) is 0 Å². The lowest BCUT2D eigenvalue weighted by atomic mass is 10.3. The number of hydrogen-bond donors (Lipinski definition) is 1. The van der Waals surface area contributed by atoms with Crippen LogP contribution in [0.5, 0.6) is 5.75 Å². The third-order valence-corrected chi connectivity index (χ3v) is 4.17. The Morgan fingerprint density at radius 1 is 1.07 bits per heavy atom. The van der Waals surface area contributed by atoms with E-state index in [-0.39, 0.29) is 24.4 Å². The average molecular weight is 399 g/mol. The van der Waals surface area contributed by atoms with Crippen molar-refractivity contribution in [2.45, 2.75) is 26.7 Å². The smallest absolute Gasteiger partial charge is 0.409 e. The standard InChI is InChI=1S/C19H29N3O4.ClH/c1-3-5-14-26-17-8-6-16(7-9-17)20-18(23)15-21-10-12-22(13-11-21)19(24)25-4-2;/h6-9H,3-5,10-15H2,1-2H3,(H,20,23);1H/p-1. The van der Waals surface area contributed by atoms with Crippen molar-refractivity contribution in [2.75, 3.05) is 51.3 Å². The highest BCUT2D eigenvalue weighted by atomic mass is 35.5. The molecule has 8 heteroatoms. The Morgan fingerprint density at radius 2 is 1.74 bits per heavy atom. The average Bonchev–Trinajstić information content (AvgIpc) is 2.64. The topological polar surface area (TPSA) is 71.1 Å². The molecule has 1 aromatic carbocycles. The lowest BCUT2D eigenvalue weighted by Crippen LogP contribution is -3.00. The van der Waals surface area contributed by atoms with Crippen LogP contribution in [0.3, 0.4) is 0 Å². The summed E-state index contributed by atoms with van der Waals surface area (Å²) >= 11 is 0. The van der Waals surface area contributed by atoms with Gasteiger partial charge in [-0.1, -0.05) is 13.3 Å². The van der Waals surface area contributed by atoms with E-state index in [0.717, 1.165) is 24.3 Å². The second-order valence-electron chi connectivity index (χ2n) is 6.24. The van der Waals surface area contributed by atoms with Crippen molar-refractivity contribution in [2.24, 2.45) is 0 Å². The molecule has 0 bridgehead atoms. The fraction of sp³-hybridized carbons (Fsp3) is 0.579. The molecule has 0 radical (unpaired) electrons. The monoisotopic (exact) mass is 398 g/mol. The third kappa shape index (κ3) is 8.05. The van der Waals surface area contributed by atoms with E-state index in [4.69, 9.17) is 9.47 Å². The van der Waals surface area contributed by atoms with Gasteiger partial charge >= 0.3 is 6.09 Å². The van der Waals surface area contributed by atoms with Gasteiger partial charge in [-0.2, -0.15) is 0 Å². The van der Waals surface area contributed by atoms with Crippen molar-refractivity contribution < 1.29 is 31.5 Å². The molecule has 0 aliphatic carbocycles. The quantitative estimate of drug-likeness (QED) is 0.602. The fourth-order valence-corrected chi connectivity index (χ4v) is 2.68. The van der Waals surface area contributed by atoms with Gasteiger partial charge in [-0.25, -0.2) is 4.79 Å². The number of carbonyl (C=O) groups excluding carboxylic acids is 2. The molecule has 0 atom stereocenters. The molecule has 0 spiro atoms. The van der Waals surface area contributed by atoms with Crippen LogP contribution in [0, 0.1) is 0 Å². The maximum absolute atomic E-state index is 12.2. The van der Waals surface area contributed by atoms with Crippen LogP contribution in [0.4, 0.5) is 10.5 Å². The van der Waals surface area contributed by atoms with Gasteiger partial charge < -0.3 is 32.1 Å². The summed E-state index contributed by atoms with van der Waals surface area (Å²) in [5, 5.41) is 2.90. The summed E-state index contributed by atoms with van der Waals surface area (Å²) in [6.07, 6.45) is 1.85. The van der Waals surface area contributed by atoms with Crippen molar-refractivity contribution in [1.82, 2.24) is 9.80 Å². The molecule has 1 saturated heterocycles. The molecular formula is C19H29ClN3O4-. The van der Waals surface area contributed by atoms with Gasteiger partial charge in [0.1, 0.15) is 5.75 Å². The zero-order valence-corrected chi connectivity index (χ0v) is 16.8. The predicted molar refractivity (Wildman–Crippen MR) is 101 cm³/mol. The largest absolute Gasteiger partial charge is 1.00 e. The number of ether oxygens (including phenoxy) is 2. The number of unbranched alkanes of at least 4 members (excludes halogenated alkanes) is 1. The minimum atomic E-state index is -0.280. The number of nitrogens with one attached hydrogen (secondary N) is 1. The molecular weight excluding hydrogens is 370 g/mol. The summed E-state index contributed by atoms with van der Waals surface area (Å²) in [4.78, 5) is 27.6. The van der Waals surface area contributed by atoms with Gasteiger partial charge in [0.05, 0.1) is 19.8 Å². The molecule has 1 N–H and O–H groups in total. The molecule has 1 aliphatic heterocycles. The molecule has 2 amide bonds. The molecule has 0 saturated carbocycles. The van der Waals surface area contributed by atoms with Crippen LogP contribution >= 0.6 is 0 Å². The number of halogens is 1. The predicted octanol–water partition coefficient (Wildman–Crippen LogP) is -0.418. The summed E-state index contributed by atoms with van der Waals surface area (Å²) in [5.41, 5.74) is 0.753. The summed E-state index contributed by atoms with van der Waals surface area (Å²) < 4.78 is 10.6. The number of rotatable bonds is 8. The van der Waals surface area contributed by atoms with E-state index in [1.54, 1.807) is 11.8 Å². The van der Waals surface area contributed by atoms with Crippen LogP contribution in [0.15, 0.2) is 24.3 Å². The Balaban J connectivity index is 0.00000364. The maximum atomic E-state index is 12.2. The number of hydrogen-bond acceptors (Lipinski definition) is 5. The Morgan fingerprint density at radius 3 is 2.33 bits per heavy atom. The Hall–Kier alpha value is -1.99. The van der Waals surface area contributed by atoms with Crippen LogP contribution in [0.2, 0.25) is 0 Å². The van der Waals surface area contributed by atoms with E-state index < -0.39 is 0 Å². The molecule has 27 heavy (non-hydrogen) atoms. The first-order chi connectivity index (χ1) is 12.6. The lowest BCUT2D eigenvalue weighted by molar-refractivity contribution is -0.117. The molecule has 1 aliphatic rings. The zero-order chi connectivity index (χ0) is 18.8. The zero-order valence-electron chi connectivity index (χ0n) is 16.1. The number of nitrogens with zero attached hydrogens (tertiary/aromatic N) is 2. The minimum absolute atomic E-state index is 0. The second kappa shape index (κ2) is 12.4. The third-order valence-electron chi connectivity index (χ3n) is 4.17. The van der Waals surface area contributed by atoms with Crippen LogP contribution < -0.4 is 22.5 Å². The Labute approximate surface area is 167 Å². The first kappa shape index (κ1) is 23.0. The Bertz CT molecular complexity index is 575. The van der Waals surface area contributed by atoms with Gasteiger partial charge in [0.25, 0.3) is 0 Å². The van der Waals surface area contributed by atoms with Crippen molar-refractivity contribution in [3.8, 4) is 5.75 Å². The summed E-state index contributed by atoms with van der Waals surface area (Å²) in [5.74, 6) is 0.751. The van der Waals surface area contributed by atoms with Gasteiger partial charge in [-0.05, 0) is 37.6 Å². The number of piperazine rings is 1. The van der Waals surface area contributed by atoms with Crippen LogP contribution in [-0.2, 0) is 9.53 Å². The highest BCUT2D eigenvalue weighted by Crippen LogP contribution is 2.16. The molecule has 152 valence electrons. The van der Waals surface area contributed by atoms with E-state index >= 15 is 0 Å². The van der Waals surface area contributed by atoms with E-state index in [1.807, 2.05) is 29.2 Å². The normalized spacial score (nSPS) is 14.2. The molecule has 1 heterocycles. The number of benzene rings is 1. The SMILES string of the molecule is CCCCOc1ccc(NC(=O)CN2CCN(C(=O)OCC)CC2)cc1.[Cl-]. The fourth-order valence-electron chi connectivity index (χ4n) is 2.68. The maximum Gasteiger partial charge on any atom is 0.409 e. The second-order valence-corrected chi connectivity index (χ2v) is 6.24. The molecule has 0 aromatic heterocycles.